The van der Waals surface area contributed by atoms with E-state index in [1.165, 1.54) is 17.0 Å². The molecule has 0 aliphatic heterocycles. The summed E-state index contributed by atoms with van der Waals surface area (Å²) < 4.78 is 47.2. The summed E-state index contributed by atoms with van der Waals surface area (Å²) in [6.45, 7) is 3.37. The fourth-order valence-corrected chi connectivity index (χ4v) is 4.56. The van der Waals surface area contributed by atoms with Crippen molar-refractivity contribution < 1.29 is 42.1 Å². The van der Waals surface area contributed by atoms with E-state index in [4.69, 9.17) is 4.74 Å². The largest absolute Gasteiger partial charge is 0.573 e. The van der Waals surface area contributed by atoms with Crippen molar-refractivity contribution in [3.8, 4) is 5.75 Å². The molecule has 9 nitrogen and oxygen atoms in total. The zero-order valence-corrected chi connectivity index (χ0v) is 25.1. The molecule has 3 amide bonds. The number of nitrogens with one attached hydrogen (secondary N) is 2. The van der Waals surface area contributed by atoms with E-state index >= 15 is 0 Å². The molecule has 0 radical (unpaired) electrons. The number of urea groups is 1. The number of amides is 3. The Morgan fingerprint density at radius 3 is 2.04 bits per heavy atom. The molecule has 0 bridgehead atoms. The predicted octanol–water partition coefficient (Wildman–Crippen LogP) is 5.61. The predicted molar refractivity (Wildman–Crippen MR) is 161 cm³/mol. The molecular formula is C33H38F3N3O6. The van der Waals surface area contributed by atoms with Crippen LogP contribution in [0.1, 0.15) is 37.0 Å². The lowest BCUT2D eigenvalue weighted by Crippen LogP contribution is -2.53. The molecule has 0 spiro atoms. The van der Waals surface area contributed by atoms with Crippen LogP contribution in [-0.4, -0.2) is 59.5 Å². The summed E-state index contributed by atoms with van der Waals surface area (Å²) in [6.07, 6.45) is -5.74. The van der Waals surface area contributed by atoms with Crippen molar-refractivity contribution in [1.82, 2.24) is 15.5 Å². The van der Waals surface area contributed by atoms with Gasteiger partial charge in [0.25, 0.3) is 0 Å². The molecule has 242 valence electrons. The van der Waals surface area contributed by atoms with E-state index in [9.17, 15) is 32.7 Å². The van der Waals surface area contributed by atoms with Gasteiger partial charge in [-0.05, 0) is 47.6 Å². The van der Waals surface area contributed by atoms with Crippen LogP contribution in [0.4, 0.5) is 22.8 Å². The maximum absolute atomic E-state index is 13.4. The van der Waals surface area contributed by atoms with Gasteiger partial charge in [0.2, 0.25) is 0 Å². The van der Waals surface area contributed by atoms with E-state index in [2.05, 4.69) is 15.4 Å². The quantitative estimate of drug-likeness (QED) is 0.188. The van der Waals surface area contributed by atoms with Gasteiger partial charge in [-0.25, -0.2) is 9.59 Å². The minimum absolute atomic E-state index is 0.00629. The number of ether oxygens (including phenoxy) is 2. The van der Waals surface area contributed by atoms with Crippen LogP contribution < -0.4 is 15.4 Å². The number of nitrogens with zero attached hydrogens (tertiary/aromatic N) is 1. The van der Waals surface area contributed by atoms with Gasteiger partial charge >= 0.3 is 18.5 Å². The van der Waals surface area contributed by atoms with Crippen molar-refractivity contribution >= 4 is 18.4 Å². The van der Waals surface area contributed by atoms with Gasteiger partial charge < -0.3 is 34.9 Å². The van der Waals surface area contributed by atoms with Gasteiger partial charge in [0.05, 0.1) is 24.7 Å². The molecular weight excluding hydrogens is 591 g/mol. The van der Waals surface area contributed by atoms with Gasteiger partial charge in [-0.1, -0.05) is 86.6 Å². The number of aliphatic hydroxyl groups is 1. The number of hydrogen-bond donors (Lipinski definition) is 3. The molecule has 0 saturated heterocycles. The van der Waals surface area contributed by atoms with Crippen LogP contribution in [0.3, 0.4) is 0 Å². The number of halogens is 3. The molecule has 0 aliphatic rings. The first-order valence-electron chi connectivity index (χ1n) is 14.5. The highest BCUT2D eigenvalue weighted by atomic mass is 19.4. The maximum atomic E-state index is 13.4. The Balaban J connectivity index is 1.80. The smallest absolute Gasteiger partial charge is 0.445 e. The number of carbonyl (C=O) groups is 3. The Morgan fingerprint density at radius 2 is 1.49 bits per heavy atom. The number of aliphatic hydroxyl groups excluding tert-OH is 1. The number of alkyl carbamates (subject to hydrolysis) is 1. The molecule has 2 unspecified atom stereocenters. The second kappa shape index (κ2) is 17.0. The summed E-state index contributed by atoms with van der Waals surface area (Å²) in [5.41, 5.74) is 2.01. The van der Waals surface area contributed by atoms with Crippen LogP contribution in [0.5, 0.6) is 5.75 Å². The standard InChI is InChI=1S/C33H38F3N3O6/c1-23(2)17-27(21-40)37-31(42)39(19-25-13-15-28(16-14-25)45-33(34,35)36)20-30(41)29(18-24-9-5-3-6-10-24)38-32(43)44-22-26-11-7-4-8-12-26/h3-16,21,23,27,29-30,41H,17-20,22H2,1-2H3,(H,37,42)(H,38,43)/t27-,29?,30?/m0/s1. The highest BCUT2D eigenvalue weighted by Gasteiger charge is 2.31. The number of aldehydes is 1. The molecule has 3 N–H and O–H groups in total. The Kier molecular flexibility index (Phi) is 13.2. The third kappa shape index (κ3) is 12.9. The van der Waals surface area contributed by atoms with E-state index in [1.807, 2.05) is 62.4 Å². The monoisotopic (exact) mass is 629 g/mol. The van der Waals surface area contributed by atoms with Crippen molar-refractivity contribution in [2.45, 2.75) is 64.4 Å². The minimum Gasteiger partial charge on any atom is -0.445 e. The lowest BCUT2D eigenvalue weighted by atomic mass is 10.0. The summed E-state index contributed by atoms with van der Waals surface area (Å²) in [7, 11) is 0. The molecule has 45 heavy (non-hydrogen) atoms. The average molecular weight is 630 g/mol. The van der Waals surface area contributed by atoms with E-state index < -0.39 is 42.4 Å². The fraction of sp³-hybridized carbons (Fsp3) is 0.364. The van der Waals surface area contributed by atoms with Crippen LogP contribution >= 0.6 is 0 Å². The Morgan fingerprint density at radius 1 is 0.889 bits per heavy atom. The van der Waals surface area contributed by atoms with Gasteiger partial charge in [0.1, 0.15) is 18.6 Å². The lowest BCUT2D eigenvalue weighted by Gasteiger charge is -2.31. The van der Waals surface area contributed by atoms with E-state index in [-0.39, 0.29) is 32.0 Å². The molecule has 12 heteroatoms. The first kappa shape index (κ1) is 34.9. The number of rotatable bonds is 15. The highest BCUT2D eigenvalue weighted by Crippen LogP contribution is 2.23. The van der Waals surface area contributed by atoms with Crippen LogP contribution in [0.15, 0.2) is 84.9 Å². The normalized spacial score (nSPS) is 13.3. The summed E-state index contributed by atoms with van der Waals surface area (Å²) >= 11 is 0. The number of benzene rings is 3. The second-order valence-corrected chi connectivity index (χ2v) is 11.0. The molecule has 3 rings (SSSR count). The van der Waals surface area contributed by atoms with Gasteiger partial charge in [0, 0.05) is 6.54 Å². The summed E-state index contributed by atoms with van der Waals surface area (Å²) in [5, 5.41) is 16.8. The summed E-state index contributed by atoms with van der Waals surface area (Å²) in [6, 6.07) is 20.7. The van der Waals surface area contributed by atoms with Crippen molar-refractivity contribution in [1.29, 1.82) is 0 Å². The topological polar surface area (TPSA) is 117 Å². The van der Waals surface area contributed by atoms with E-state index in [0.29, 0.717) is 18.3 Å². The first-order chi connectivity index (χ1) is 21.4. The molecule has 0 heterocycles. The van der Waals surface area contributed by atoms with E-state index in [1.54, 1.807) is 12.1 Å². The van der Waals surface area contributed by atoms with Crippen LogP contribution in [0.25, 0.3) is 0 Å². The fourth-order valence-electron chi connectivity index (χ4n) is 4.56. The lowest BCUT2D eigenvalue weighted by molar-refractivity contribution is -0.274. The zero-order valence-electron chi connectivity index (χ0n) is 25.1. The van der Waals surface area contributed by atoms with Crippen LogP contribution in [0, 0.1) is 5.92 Å². The number of alkyl halides is 3. The molecule has 0 fully saturated rings. The third-order valence-corrected chi connectivity index (χ3v) is 6.70. The average Bonchev–Trinajstić information content (AvgIpc) is 3.00. The third-order valence-electron chi connectivity index (χ3n) is 6.70. The van der Waals surface area contributed by atoms with Gasteiger partial charge in [-0.3, -0.25) is 0 Å². The minimum atomic E-state index is -4.86. The highest BCUT2D eigenvalue weighted by molar-refractivity contribution is 5.78. The van der Waals surface area contributed by atoms with Crippen LogP contribution in [-0.2, 0) is 29.1 Å². The molecule has 0 aliphatic carbocycles. The van der Waals surface area contributed by atoms with Crippen molar-refractivity contribution in [3.63, 3.8) is 0 Å². The van der Waals surface area contributed by atoms with Crippen molar-refractivity contribution in [2.75, 3.05) is 6.54 Å². The number of hydrogen-bond acceptors (Lipinski definition) is 6. The summed E-state index contributed by atoms with van der Waals surface area (Å²) in [5.74, 6) is -0.330. The molecule has 3 atom stereocenters. The van der Waals surface area contributed by atoms with Crippen molar-refractivity contribution in [3.05, 3.63) is 102 Å². The molecule has 3 aromatic rings. The zero-order chi connectivity index (χ0) is 32.8. The summed E-state index contributed by atoms with van der Waals surface area (Å²) in [4.78, 5) is 39.1. The van der Waals surface area contributed by atoms with E-state index in [0.717, 1.165) is 23.3 Å². The Labute approximate surface area is 260 Å². The van der Waals surface area contributed by atoms with Gasteiger partial charge in [-0.15, -0.1) is 13.2 Å². The Hall–Kier alpha value is -4.58. The number of carbonyl (C=O) groups excluding carboxylic acids is 3. The van der Waals surface area contributed by atoms with Crippen molar-refractivity contribution in [2.24, 2.45) is 5.92 Å². The molecule has 3 aromatic carbocycles. The first-order valence-corrected chi connectivity index (χ1v) is 14.5. The van der Waals surface area contributed by atoms with Crippen LogP contribution in [0.2, 0.25) is 0 Å². The van der Waals surface area contributed by atoms with Gasteiger partial charge in [-0.2, -0.15) is 0 Å². The van der Waals surface area contributed by atoms with Gasteiger partial charge in [0.15, 0.2) is 0 Å². The SMILES string of the molecule is CC(C)C[C@@H](C=O)NC(=O)N(Cc1ccc(OC(F)(F)F)cc1)CC(O)C(Cc1ccccc1)NC(=O)OCc1ccccc1. The second-order valence-electron chi connectivity index (χ2n) is 11.0. The Bertz CT molecular complexity index is 1340. The molecule has 0 saturated carbocycles. The molecule has 0 aromatic heterocycles. The maximum Gasteiger partial charge on any atom is 0.573 e.